The Morgan fingerprint density at radius 2 is 2.00 bits per heavy atom. The molecular weight excluding hydrogens is 216 g/mol. The van der Waals surface area contributed by atoms with Gasteiger partial charge in [0.25, 0.3) is 6.43 Å². The molecule has 1 aliphatic rings. The van der Waals surface area contributed by atoms with Gasteiger partial charge in [0.1, 0.15) is 5.60 Å². The van der Waals surface area contributed by atoms with Crippen LogP contribution < -0.4 is 0 Å². The summed E-state index contributed by atoms with van der Waals surface area (Å²) >= 11 is 0. The van der Waals surface area contributed by atoms with E-state index in [4.69, 9.17) is 4.74 Å². The fourth-order valence-corrected chi connectivity index (χ4v) is 1.85. The van der Waals surface area contributed by atoms with E-state index in [9.17, 15) is 13.6 Å². The number of hydrogen-bond acceptors (Lipinski definition) is 2. The molecule has 0 aromatic heterocycles. The van der Waals surface area contributed by atoms with Gasteiger partial charge in [-0.25, -0.2) is 13.6 Å². The van der Waals surface area contributed by atoms with Crippen LogP contribution in [0.25, 0.3) is 0 Å². The summed E-state index contributed by atoms with van der Waals surface area (Å²) in [5, 5.41) is 0. The molecule has 1 aliphatic heterocycles. The van der Waals surface area contributed by atoms with Crippen molar-refractivity contribution in [2.75, 3.05) is 6.54 Å². The summed E-state index contributed by atoms with van der Waals surface area (Å²) in [7, 11) is 0. The molecule has 1 saturated heterocycles. The number of rotatable bonds is 1. The summed E-state index contributed by atoms with van der Waals surface area (Å²) in [6, 6.07) is -0.996. The Kier molecular flexibility index (Phi) is 3.76. The lowest BCUT2D eigenvalue weighted by atomic mass is 10.1. The smallest absolute Gasteiger partial charge is 0.410 e. The Labute approximate surface area is 94.7 Å². The number of halogens is 2. The molecule has 0 aliphatic carbocycles. The Balaban J connectivity index is 2.67. The Morgan fingerprint density at radius 3 is 2.44 bits per heavy atom. The Bertz CT molecular complexity index is 263. The first-order chi connectivity index (χ1) is 7.20. The molecule has 0 spiro atoms. The van der Waals surface area contributed by atoms with Crippen molar-refractivity contribution in [1.29, 1.82) is 0 Å². The normalized spacial score (nSPS) is 26.3. The zero-order chi connectivity index (χ0) is 12.5. The van der Waals surface area contributed by atoms with Crippen molar-refractivity contribution >= 4 is 6.09 Å². The quantitative estimate of drug-likeness (QED) is 0.699. The number of carbonyl (C=O) groups is 1. The van der Waals surface area contributed by atoms with Crippen molar-refractivity contribution in [1.82, 2.24) is 4.90 Å². The van der Waals surface area contributed by atoms with Crippen molar-refractivity contribution < 1.29 is 18.3 Å². The number of amides is 1. The summed E-state index contributed by atoms with van der Waals surface area (Å²) in [5.41, 5.74) is -0.643. The summed E-state index contributed by atoms with van der Waals surface area (Å²) in [6.45, 7) is 7.38. The molecule has 0 aromatic rings. The van der Waals surface area contributed by atoms with Crippen LogP contribution in [0.2, 0.25) is 0 Å². The van der Waals surface area contributed by atoms with E-state index in [1.165, 1.54) is 0 Å². The van der Waals surface area contributed by atoms with E-state index < -0.39 is 24.2 Å². The van der Waals surface area contributed by atoms with Gasteiger partial charge < -0.3 is 4.74 Å². The summed E-state index contributed by atoms with van der Waals surface area (Å²) in [5.74, 6) is 0.103. The maximum Gasteiger partial charge on any atom is 0.410 e. The topological polar surface area (TPSA) is 29.5 Å². The van der Waals surface area contributed by atoms with Crippen molar-refractivity contribution in [2.24, 2.45) is 5.92 Å². The van der Waals surface area contributed by atoms with Gasteiger partial charge in [0.05, 0.1) is 6.04 Å². The van der Waals surface area contributed by atoms with Gasteiger partial charge in [-0.05, 0) is 33.1 Å². The number of hydrogen-bond donors (Lipinski definition) is 0. The minimum Gasteiger partial charge on any atom is -0.444 e. The number of ether oxygens (including phenoxy) is 1. The zero-order valence-electron chi connectivity index (χ0n) is 10.2. The highest BCUT2D eigenvalue weighted by Crippen LogP contribution is 2.28. The summed E-state index contributed by atoms with van der Waals surface area (Å²) < 4.78 is 30.5. The molecule has 0 saturated carbocycles. The van der Waals surface area contributed by atoms with Crippen LogP contribution in [0.1, 0.15) is 34.1 Å². The van der Waals surface area contributed by atoms with Gasteiger partial charge in [-0.1, -0.05) is 6.92 Å². The standard InChI is InChI=1S/C11H19F2NO2/c1-7-5-8(9(12)13)14(6-7)10(15)16-11(2,3)4/h7-9H,5-6H2,1-4H3/t7-,8-/m1/s1. The lowest BCUT2D eigenvalue weighted by molar-refractivity contribution is -0.00232. The van der Waals surface area contributed by atoms with Crippen LogP contribution in [0, 0.1) is 5.92 Å². The van der Waals surface area contributed by atoms with Crippen LogP contribution in [0.15, 0.2) is 0 Å². The summed E-state index contributed by atoms with van der Waals surface area (Å²) in [4.78, 5) is 12.8. The molecule has 0 radical (unpaired) electrons. The number of nitrogens with zero attached hydrogens (tertiary/aromatic N) is 1. The molecule has 1 fully saturated rings. The predicted molar refractivity (Wildman–Crippen MR) is 56.5 cm³/mol. The number of likely N-dealkylation sites (tertiary alicyclic amines) is 1. The van der Waals surface area contributed by atoms with Crippen LogP contribution in [0.3, 0.4) is 0 Å². The van der Waals surface area contributed by atoms with E-state index in [1.807, 2.05) is 6.92 Å². The molecule has 0 N–H and O–H groups in total. The third-order valence-electron chi connectivity index (χ3n) is 2.47. The number of carbonyl (C=O) groups excluding carboxylic acids is 1. The SMILES string of the molecule is C[C@@H]1C[C@H](C(F)F)N(C(=O)OC(C)(C)C)C1. The second-order valence-electron chi connectivity index (χ2n) is 5.38. The molecule has 1 amide bonds. The minimum atomic E-state index is -2.50. The van der Waals surface area contributed by atoms with E-state index in [-0.39, 0.29) is 5.92 Å². The molecule has 16 heavy (non-hydrogen) atoms. The van der Waals surface area contributed by atoms with Gasteiger partial charge in [0.15, 0.2) is 0 Å². The van der Waals surface area contributed by atoms with Crippen molar-refractivity contribution in [3.8, 4) is 0 Å². The fraction of sp³-hybridized carbons (Fsp3) is 0.909. The highest BCUT2D eigenvalue weighted by atomic mass is 19.3. The maximum absolute atomic E-state index is 12.7. The van der Waals surface area contributed by atoms with E-state index in [0.29, 0.717) is 13.0 Å². The van der Waals surface area contributed by atoms with Gasteiger partial charge in [-0.3, -0.25) is 4.90 Å². The Morgan fingerprint density at radius 1 is 1.44 bits per heavy atom. The van der Waals surface area contributed by atoms with Gasteiger partial charge in [0.2, 0.25) is 0 Å². The highest BCUT2D eigenvalue weighted by Gasteiger charge is 2.40. The molecule has 0 aromatic carbocycles. The highest BCUT2D eigenvalue weighted by molar-refractivity contribution is 5.69. The van der Waals surface area contributed by atoms with Crippen LogP contribution in [-0.4, -0.2) is 35.6 Å². The fourth-order valence-electron chi connectivity index (χ4n) is 1.85. The molecule has 1 heterocycles. The average Bonchev–Trinajstić information content (AvgIpc) is 2.44. The van der Waals surface area contributed by atoms with Gasteiger partial charge in [-0.2, -0.15) is 0 Å². The molecule has 5 heteroatoms. The van der Waals surface area contributed by atoms with E-state index in [1.54, 1.807) is 20.8 Å². The molecule has 0 bridgehead atoms. The lowest BCUT2D eigenvalue weighted by Gasteiger charge is -2.28. The predicted octanol–water partition coefficient (Wildman–Crippen LogP) is 2.90. The van der Waals surface area contributed by atoms with E-state index in [0.717, 1.165) is 4.90 Å². The van der Waals surface area contributed by atoms with Gasteiger partial charge in [0, 0.05) is 6.54 Å². The Hall–Kier alpha value is -0.870. The zero-order valence-corrected chi connectivity index (χ0v) is 10.2. The van der Waals surface area contributed by atoms with E-state index in [2.05, 4.69) is 0 Å². The average molecular weight is 235 g/mol. The first-order valence-corrected chi connectivity index (χ1v) is 5.48. The van der Waals surface area contributed by atoms with Crippen LogP contribution >= 0.6 is 0 Å². The largest absolute Gasteiger partial charge is 0.444 e. The lowest BCUT2D eigenvalue weighted by Crippen LogP contribution is -2.42. The van der Waals surface area contributed by atoms with Crippen molar-refractivity contribution in [2.45, 2.75) is 52.2 Å². The number of alkyl halides is 2. The third kappa shape index (κ3) is 3.32. The van der Waals surface area contributed by atoms with Crippen LogP contribution in [0.5, 0.6) is 0 Å². The van der Waals surface area contributed by atoms with Crippen molar-refractivity contribution in [3.63, 3.8) is 0 Å². The van der Waals surface area contributed by atoms with Gasteiger partial charge >= 0.3 is 6.09 Å². The third-order valence-corrected chi connectivity index (χ3v) is 2.47. The summed E-state index contributed by atoms with van der Waals surface area (Å²) in [6.07, 6.45) is -2.80. The van der Waals surface area contributed by atoms with Gasteiger partial charge in [-0.15, -0.1) is 0 Å². The monoisotopic (exact) mass is 235 g/mol. The van der Waals surface area contributed by atoms with Crippen molar-refractivity contribution in [3.05, 3.63) is 0 Å². The maximum atomic E-state index is 12.7. The second kappa shape index (κ2) is 4.55. The molecular formula is C11H19F2NO2. The molecule has 94 valence electrons. The van der Waals surface area contributed by atoms with Crippen LogP contribution in [0.4, 0.5) is 13.6 Å². The molecule has 2 atom stereocenters. The first kappa shape index (κ1) is 13.2. The molecule has 3 nitrogen and oxygen atoms in total. The first-order valence-electron chi connectivity index (χ1n) is 5.48. The minimum absolute atomic E-state index is 0.103. The van der Waals surface area contributed by atoms with E-state index >= 15 is 0 Å². The molecule has 1 rings (SSSR count). The molecule has 0 unspecified atom stereocenters. The van der Waals surface area contributed by atoms with Crippen LogP contribution in [-0.2, 0) is 4.74 Å². The second-order valence-corrected chi connectivity index (χ2v) is 5.38.